The average Bonchev–Trinajstić information content (AvgIpc) is 2.52. The lowest BCUT2D eigenvalue weighted by Gasteiger charge is -1.96. The normalized spacial score (nSPS) is 10.2. The summed E-state index contributed by atoms with van der Waals surface area (Å²) in [5.41, 5.74) is 7.56. The fourth-order valence-electron chi connectivity index (χ4n) is 1.16. The Labute approximate surface area is 81.1 Å². The number of hydrogen-bond acceptors (Lipinski definition) is 3. The second-order valence-corrected chi connectivity index (χ2v) is 4.14. The van der Waals surface area contributed by atoms with Gasteiger partial charge in [0.1, 0.15) is 5.01 Å². The minimum absolute atomic E-state index is 0.783. The van der Waals surface area contributed by atoms with Crippen molar-refractivity contribution < 1.29 is 0 Å². The molecule has 66 valence electrons. The van der Waals surface area contributed by atoms with Gasteiger partial charge in [-0.1, -0.05) is 12.1 Å². The van der Waals surface area contributed by atoms with Crippen molar-refractivity contribution in [3.8, 4) is 10.6 Å². The van der Waals surface area contributed by atoms with Crippen molar-refractivity contribution in [2.75, 3.05) is 5.73 Å². The van der Waals surface area contributed by atoms with E-state index in [1.165, 1.54) is 4.88 Å². The number of anilines is 1. The highest BCUT2D eigenvalue weighted by atomic mass is 32.1. The molecule has 0 fully saturated rings. The van der Waals surface area contributed by atoms with Crippen molar-refractivity contribution in [3.05, 3.63) is 35.3 Å². The maximum atomic E-state index is 5.68. The summed E-state index contributed by atoms with van der Waals surface area (Å²) < 4.78 is 0. The molecule has 1 aromatic carbocycles. The summed E-state index contributed by atoms with van der Waals surface area (Å²) in [5.74, 6) is 0. The molecular weight excluding hydrogens is 180 g/mol. The Morgan fingerprint density at radius 2 is 2.23 bits per heavy atom. The van der Waals surface area contributed by atoms with E-state index < -0.39 is 0 Å². The highest BCUT2D eigenvalue weighted by Gasteiger charge is 2.01. The fraction of sp³-hybridized carbons (Fsp3) is 0.100. The molecule has 0 bridgehead atoms. The topological polar surface area (TPSA) is 38.9 Å². The molecule has 0 amide bonds. The van der Waals surface area contributed by atoms with Gasteiger partial charge in [-0.25, -0.2) is 4.98 Å². The predicted octanol–water partition coefficient (Wildman–Crippen LogP) is 2.70. The second kappa shape index (κ2) is 3.18. The lowest BCUT2D eigenvalue weighted by Crippen LogP contribution is -1.84. The first kappa shape index (κ1) is 8.26. The van der Waals surface area contributed by atoms with Crippen molar-refractivity contribution in [2.24, 2.45) is 0 Å². The molecule has 13 heavy (non-hydrogen) atoms. The number of thiazole rings is 1. The summed E-state index contributed by atoms with van der Waals surface area (Å²) in [6.45, 7) is 2.05. The molecule has 0 aliphatic heterocycles. The zero-order valence-electron chi connectivity index (χ0n) is 7.32. The summed E-state index contributed by atoms with van der Waals surface area (Å²) in [7, 11) is 0. The van der Waals surface area contributed by atoms with Crippen molar-refractivity contribution in [2.45, 2.75) is 6.92 Å². The van der Waals surface area contributed by atoms with Gasteiger partial charge in [0.2, 0.25) is 0 Å². The van der Waals surface area contributed by atoms with Crippen LogP contribution in [-0.4, -0.2) is 4.98 Å². The van der Waals surface area contributed by atoms with Gasteiger partial charge in [-0.05, 0) is 19.1 Å². The molecule has 0 aliphatic rings. The van der Waals surface area contributed by atoms with Gasteiger partial charge in [-0.2, -0.15) is 0 Å². The highest BCUT2D eigenvalue weighted by Crippen LogP contribution is 2.25. The van der Waals surface area contributed by atoms with Gasteiger partial charge in [0.05, 0.1) is 0 Å². The zero-order chi connectivity index (χ0) is 9.26. The van der Waals surface area contributed by atoms with Crippen LogP contribution in [0.1, 0.15) is 4.88 Å². The Balaban J connectivity index is 2.46. The number of hydrogen-bond donors (Lipinski definition) is 1. The fourth-order valence-corrected chi connectivity index (χ4v) is 1.92. The average molecular weight is 190 g/mol. The van der Waals surface area contributed by atoms with E-state index in [1.807, 2.05) is 37.4 Å². The molecule has 0 spiro atoms. The van der Waals surface area contributed by atoms with Crippen LogP contribution in [0.5, 0.6) is 0 Å². The number of nitrogens with zero attached hydrogens (tertiary/aromatic N) is 1. The van der Waals surface area contributed by atoms with E-state index in [4.69, 9.17) is 5.73 Å². The van der Waals surface area contributed by atoms with Crippen LogP contribution in [-0.2, 0) is 0 Å². The van der Waals surface area contributed by atoms with E-state index in [-0.39, 0.29) is 0 Å². The van der Waals surface area contributed by atoms with Crippen LogP contribution in [0.4, 0.5) is 5.69 Å². The molecule has 0 atom stereocenters. The number of aromatic nitrogens is 1. The van der Waals surface area contributed by atoms with Crippen LogP contribution in [0.15, 0.2) is 30.5 Å². The van der Waals surface area contributed by atoms with Crippen LogP contribution in [0.25, 0.3) is 10.6 Å². The molecular formula is C10H10N2S. The third kappa shape index (κ3) is 1.70. The number of rotatable bonds is 1. The third-order valence-electron chi connectivity index (χ3n) is 1.75. The van der Waals surface area contributed by atoms with Gasteiger partial charge in [0.25, 0.3) is 0 Å². The number of nitrogen functional groups attached to an aromatic ring is 1. The molecule has 0 aliphatic carbocycles. The quantitative estimate of drug-likeness (QED) is 0.702. The third-order valence-corrected chi connectivity index (χ3v) is 2.72. The molecule has 0 unspecified atom stereocenters. The smallest absolute Gasteiger partial charge is 0.123 e. The van der Waals surface area contributed by atoms with E-state index in [9.17, 15) is 0 Å². The van der Waals surface area contributed by atoms with E-state index in [0.29, 0.717) is 0 Å². The maximum Gasteiger partial charge on any atom is 0.123 e. The molecule has 1 heterocycles. The van der Waals surface area contributed by atoms with Gasteiger partial charge in [-0.15, -0.1) is 11.3 Å². The van der Waals surface area contributed by atoms with Gasteiger partial charge in [-0.3, -0.25) is 0 Å². The minimum Gasteiger partial charge on any atom is -0.399 e. The van der Waals surface area contributed by atoms with Crippen molar-refractivity contribution in [3.63, 3.8) is 0 Å². The minimum atomic E-state index is 0.783. The Kier molecular flexibility index (Phi) is 2.02. The molecule has 2 nitrogen and oxygen atoms in total. The SMILES string of the molecule is Cc1cnc(-c2cccc(N)c2)s1. The molecule has 0 saturated heterocycles. The number of benzene rings is 1. The Morgan fingerprint density at radius 3 is 2.85 bits per heavy atom. The standard InChI is InChI=1S/C10H10N2S/c1-7-6-12-10(13-7)8-3-2-4-9(11)5-8/h2-6H,11H2,1H3. The van der Waals surface area contributed by atoms with Crippen LogP contribution < -0.4 is 5.73 Å². The van der Waals surface area contributed by atoms with Crippen LogP contribution >= 0.6 is 11.3 Å². The Morgan fingerprint density at radius 1 is 1.38 bits per heavy atom. The molecule has 2 rings (SSSR count). The Hall–Kier alpha value is -1.35. The summed E-state index contributed by atoms with van der Waals surface area (Å²) in [6.07, 6.45) is 1.88. The van der Waals surface area contributed by atoms with Gasteiger partial charge in [0.15, 0.2) is 0 Å². The summed E-state index contributed by atoms with van der Waals surface area (Å²) in [6, 6.07) is 7.79. The van der Waals surface area contributed by atoms with Crippen LogP contribution in [0.3, 0.4) is 0 Å². The van der Waals surface area contributed by atoms with Gasteiger partial charge in [0, 0.05) is 22.3 Å². The van der Waals surface area contributed by atoms with Crippen LogP contribution in [0, 0.1) is 6.92 Å². The lowest BCUT2D eigenvalue weighted by molar-refractivity contribution is 1.38. The summed E-state index contributed by atoms with van der Waals surface area (Å²) in [5, 5.41) is 1.03. The zero-order valence-corrected chi connectivity index (χ0v) is 8.14. The highest BCUT2D eigenvalue weighted by molar-refractivity contribution is 7.14. The van der Waals surface area contributed by atoms with E-state index in [0.717, 1.165) is 16.3 Å². The first-order valence-corrected chi connectivity index (χ1v) is 4.86. The van der Waals surface area contributed by atoms with Crippen LogP contribution in [0.2, 0.25) is 0 Å². The molecule has 0 radical (unpaired) electrons. The maximum absolute atomic E-state index is 5.68. The predicted molar refractivity (Wildman–Crippen MR) is 56.7 cm³/mol. The molecule has 0 saturated carbocycles. The monoisotopic (exact) mass is 190 g/mol. The van der Waals surface area contributed by atoms with E-state index in [1.54, 1.807) is 11.3 Å². The summed E-state index contributed by atoms with van der Waals surface area (Å²) in [4.78, 5) is 5.51. The molecule has 2 aromatic rings. The number of aryl methyl sites for hydroxylation is 1. The first-order chi connectivity index (χ1) is 6.25. The van der Waals surface area contributed by atoms with Gasteiger partial charge >= 0.3 is 0 Å². The molecule has 2 N–H and O–H groups in total. The largest absolute Gasteiger partial charge is 0.399 e. The van der Waals surface area contributed by atoms with Crippen molar-refractivity contribution in [1.29, 1.82) is 0 Å². The molecule has 1 aromatic heterocycles. The number of nitrogens with two attached hydrogens (primary N) is 1. The van der Waals surface area contributed by atoms with E-state index in [2.05, 4.69) is 4.98 Å². The first-order valence-electron chi connectivity index (χ1n) is 4.04. The van der Waals surface area contributed by atoms with Crippen molar-refractivity contribution in [1.82, 2.24) is 4.98 Å². The molecule has 3 heteroatoms. The van der Waals surface area contributed by atoms with Gasteiger partial charge < -0.3 is 5.73 Å². The van der Waals surface area contributed by atoms with E-state index >= 15 is 0 Å². The lowest BCUT2D eigenvalue weighted by atomic mass is 10.2. The van der Waals surface area contributed by atoms with Crippen molar-refractivity contribution >= 4 is 17.0 Å². The Bertz CT molecular complexity index is 420. The second-order valence-electron chi connectivity index (χ2n) is 2.90. The summed E-state index contributed by atoms with van der Waals surface area (Å²) >= 11 is 1.68.